The van der Waals surface area contributed by atoms with Crippen LogP contribution in [0.2, 0.25) is 0 Å². The normalized spacial score (nSPS) is 10.2. The van der Waals surface area contributed by atoms with Gasteiger partial charge < -0.3 is 0 Å². The van der Waals surface area contributed by atoms with Crippen LogP contribution in [0.1, 0.15) is 18.2 Å². The summed E-state index contributed by atoms with van der Waals surface area (Å²) >= 11 is 0. The van der Waals surface area contributed by atoms with E-state index in [1.807, 2.05) is 23.8 Å². The number of rotatable bonds is 6. The molecule has 0 fully saturated rings. The van der Waals surface area contributed by atoms with Crippen molar-refractivity contribution in [3.05, 3.63) is 67.4 Å². The van der Waals surface area contributed by atoms with Crippen molar-refractivity contribution in [2.24, 2.45) is 0 Å². The van der Waals surface area contributed by atoms with Crippen LogP contribution in [-0.2, 0) is 13.0 Å². The summed E-state index contributed by atoms with van der Waals surface area (Å²) in [6.07, 6.45) is 4.41. The van der Waals surface area contributed by atoms with Crippen molar-refractivity contribution in [2.75, 3.05) is 0 Å². The fourth-order valence-corrected chi connectivity index (χ4v) is 2.08. The van der Waals surface area contributed by atoms with E-state index in [4.69, 9.17) is 0 Å². The van der Waals surface area contributed by atoms with Crippen molar-refractivity contribution in [1.82, 2.24) is 15.0 Å². The van der Waals surface area contributed by atoms with Crippen molar-refractivity contribution < 1.29 is 0 Å². The van der Waals surface area contributed by atoms with Crippen molar-refractivity contribution >= 4 is 5.57 Å². The minimum atomic E-state index is 0.653. The zero-order chi connectivity index (χ0) is 14.5. The summed E-state index contributed by atoms with van der Waals surface area (Å²) in [5, 5.41) is 8.48. The van der Waals surface area contributed by atoms with E-state index >= 15 is 0 Å². The van der Waals surface area contributed by atoms with Crippen LogP contribution in [-0.4, -0.2) is 15.0 Å². The van der Waals surface area contributed by atoms with Gasteiger partial charge >= 0.3 is 0 Å². The fourth-order valence-electron chi connectivity index (χ4n) is 2.08. The molecule has 0 aliphatic heterocycles. The van der Waals surface area contributed by atoms with Gasteiger partial charge in [0.2, 0.25) is 0 Å². The highest BCUT2D eigenvalue weighted by molar-refractivity contribution is 5.67. The summed E-state index contributed by atoms with van der Waals surface area (Å²) in [5.41, 5.74) is 5.21. The highest BCUT2D eigenvalue weighted by Gasteiger charge is 2.12. The van der Waals surface area contributed by atoms with Crippen molar-refractivity contribution in [3.8, 4) is 11.3 Å². The standard InChI is InChI=1S/C17H19N3/c1-5-7-16-17(18-19-20(16)12-6-2)15-10-8-14(9-11-15)13(3)4/h5-6,8-11H,1-3,7,12H2,4H3. The van der Waals surface area contributed by atoms with Gasteiger partial charge in [-0.15, -0.1) is 18.3 Å². The topological polar surface area (TPSA) is 30.7 Å². The lowest BCUT2D eigenvalue weighted by atomic mass is 10.0. The molecule has 1 aromatic heterocycles. The number of allylic oxidation sites excluding steroid dienone is 3. The Balaban J connectivity index is 2.43. The van der Waals surface area contributed by atoms with Gasteiger partial charge in [0, 0.05) is 12.0 Å². The maximum atomic E-state index is 4.29. The van der Waals surface area contributed by atoms with E-state index in [1.165, 1.54) is 0 Å². The third-order valence-corrected chi connectivity index (χ3v) is 3.13. The predicted octanol–water partition coefficient (Wildman–Crippen LogP) is 3.89. The molecule has 0 aliphatic rings. The Morgan fingerprint density at radius 3 is 2.45 bits per heavy atom. The summed E-state index contributed by atoms with van der Waals surface area (Å²) in [6.45, 7) is 14.1. The summed E-state index contributed by atoms with van der Waals surface area (Å²) in [6, 6.07) is 8.22. The SMILES string of the molecule is C=CCc1c(-c2ccc(C(=C)C)cc2)nnn1CC=C. The van der Waals surface area contributed by atoms with E-state index in [-0.39, 0.29) is 0 Å². The van der Waals surface area contributed by atoms with E-state index in [9.17, 15) is 0 Å². The Hall–Kier alpha value is -2.42. The highest BCUT2D eigenvalue weighted by atomic mass is 15.4. The number of nitrogens with zero attached hydrogens (tertiary/aromatic N) is 3. The molecule has 3 nitrogen and oxygen atoms in total. The predicted molar refractivity (Wildman–Crippen MR) is 84.3 cm³/mol. The molecule has 0 spiro atoms. The van der Waals surface area contributed by atoms with Crippen LogP contribution in [0.15, 0.2) is 56.2 Å². The second-order valence-electron chi connectivity index (χ2n) is 4.71. The van der Waals surface area contributed by atoms with Gasteiger partial charge in [-0.2, -0.15) is 0 Å². The molecule has 0 radical (unpaired) electrons. The van der Waals surface area contributed by atoms with Crippen LogP contribution in [0, 0.1) is 0 Å². The van der Waals surface area contributed by atoms with Gasteiger partial charge in [0.15, 0.2) is 0 Å². The average molecular weight is 265 g/mol. The Kier molecular flexibility index (Phi) is 4.31. The van der Waals surface area contributed by atoms with Gasteiger partial charge in [-0.05, 0) is 12.5 Å². The van der Waals surface area contributed by atoms with Crippen LogP contribution in [0.3, 0.4) is 0 Å². The van der Waals surface area contributed by atoms with Crippen molar-refractivity contribution in [1.29, 1.82) is 0 Å². The molecule has 102 valence electrons. The lowest BCUT2D eigenvalue weighted by molar-refractivity contribution is 0.638. The Labute approximate surface area is 119 Å². The van der Waals surface area contributed by atoms with Gasteiger partial charge in [-0.3, -0.25) is 0 Å². The first kappa shape index (κ1) is 14.0. The van der Waals surface area contributed by atoms with E-state index in [0.717, 1.165) is 34.5 Å². The van der Waals surface area contributed by atoms with Crippen LogP contribution >= 0.6 is 0 Å². The first-order valence-electron chi connectivity index (χ1n) is 6.57. The van der Waals surface area contributed by atoms with Gasteiger partial charge in [-0.25, -0.2) is 4.68 Å². The quantitative estimate of drug-likeness (QED) is 0.742. The largest absolute Gasteiger partial charge is 0.245 e. The third kappa shape index (κ3) is 2.77. The summed E-state index contributed by atoms with van der Waals surface area (Å²) in [7, 11) is 0. The zero-order valence-electron chi connectivity index (χ0n) is 11.8. The van der Waals surface area contributed by atoms with Gasteiger partial charge in [-0.1, -0.05) is 53.8 Å². The molecule has 0 bridgehead atoms. The Bertz CT molecular complexity index is 633. The van der Waals surface area contributed by atoms with Crippen LogP contribution in [0.25, 0.3) is 16.8 Å². The fraction of sp³-hybridized carbons (Fsp3) is 0.176. The molecule has 20 heavy (non-hydrogen) atoms. The summed E-state index contributed by atoms with van der Waals surface area (Å²) in [4.78, 5) is 0. The van der Waals surface area contributed by atoms with E-state index in [0.29, 0.717) is 6.54 Å². The molecule has 0 atom stereocenters. The minimum absolute atomic E-state index is 0.653. The minimum Gasteiger partial charge on any atom is -0.245 e. The maximum absolute atomic E-state index is 4.29. The maximum Gasteiger partial charge on any atom is 0.116 e. The Morgan fingerprint density at radius 1 is 1.20 bits per heavy atom. The molecule has 3 heteroatoms. The molecule has 2 rings (SSSR count). The van der Waals surface area contributed by atoms with Crippen LogP contribution in [0.4, 0.5) is 0 Å². The van der Waals surface area contributed by atoms with E-state index in [1.54, 1.807) is 0 Å². The lowest BCUT2D eigenvalue weighted by Gasteiger charge is -2.05. The lowest BCUT2D eigenvalue weighted by Crippen LogP contribution is -2.03. The smallest absolute Gasteiger partial charge is 0.116 e. The molecule has 0 saturated carbocycles. The van der Waals surface area contributed by atoms with E-state index in [2.05, 4.69) is 54.3 Å². The molecule has 0 amide bonds. The molecule has 0 saturated heterocycles. The molecule has 1 heterocycles. The number of hydrogen-bond donors (Lipinski definition) is 0. The van der Waals surface area contributed by atoms with Crippen LogP contribution < -0.4 is 0 Å². The molecular formula is C17H19N3. The van der Waals surface area contributed by atoms with E-state index < -0.39 is 0 Å². The third-order valence-electron chi connectivity index (χ3n) is 3.13. The van der Waals surface area contributed by atoms with Crippen molar-refractivity contribution in [3.63, 3.8) is 0 Å². The number of hydrogen-bond acceptors (Lipinski definition) is 2. The summed E-state index contributed by atoms with van der Waals surface area (Å²) in [5.74, 6) is 0. The average Bonchev–Trinajstić information content (AvgIpc) is 2.83. The van der Waals surface area contributed by atoms with Gasteiger partial charge in [0.25, 0.3) is 0 Å². The van der Waals surface area contributed by atoms with Crippen molar-refractivity contribution in [2.45, 2.75) is 19.9 Å². The summed E-state index contributed by atoms with van der Waals surface area (Å²) < 4.78 is 1.86. The Morgan fingerprint density at radius 2 is 1.90 bits per heavy atom. The van der Waals surface area contributed by atoms with Gasteiger partial charge in [0.05, 0.1) is 12.2 Å². The van der Waals surface area contributed by atoms with Crippen LogP contribution in [0.5, 0.6) is 0 Å². The highest BCUT2D eigenvalue weighted by Crippen LogP contribution is 2.24. The molecule has 1 aromatic carbocycles. The van der Waals surface area contributed by atoms with Gasteiger partial charge in [0.1, 0.15) is 5.69 Å². The molecular weight excluding hydrogens is 246 g/mol. The molecule has 2 aromatic rings. The number of aromatic nitrogens is 3. The first-order valence-corrected chi connectivity index (χ1v) is 6.57. The molecule has 0 unspecified atom stereocenters. The first-order chi connectivity index (χ1) is 9.67. The number of benzene rings is 1. The monoisotopic (exact) mass is 265 g/mol. The molecule has 0 aliphatic carbocycles. The molecule has 0 N–H and O–H groups in total. The second-order valence-corrected chi connectivity index (χ2v) is 4.71. The zero-order valence-corrected chi connectivity index (χ0v) is 11.8. The second kappa shape index (κ2) is 6.15.